The van der Waals surface area contributed by atoms with E-state index in [4.69, 9.17) is 10.5 Å². The molecule has 2 unspecified atom stereocenters. The molecule has 0 aromatic carbocycles. The first-order chi connectivity index (χ1) is 6.84. The minimum atomic E-state index is 0.543. The Morgan fingerprint density at radius 2 is 1.79 bits per heavy atom. The van der Waals surface area contributed by atoms with Crippen LogP contribution in [-0.2, 0) is 4.74 Å². The lowest BCUT2D eigenvalue weighted by atomic mass is 10.00. The summed E-state index contributed by atoms with van der Waals surface area (Å²) < 4.78 is 5.37. The molecule has 2 N–H and O–H groups in total. The van der Waals surface area contributed by atoms with Gasteiger partial charge in [-0.3, -0.25) is 0 Å². The lowest BCUT2D eigenvalue weighted by Crippen LogP contribution is -2.34. The van der Waals surface area contributed by atoms with Crippen molar-refractivity contribution in [2.75, 3.05) is 32.8 Å². The van der Waals surface area contributed by atoms with Crippen LogP contribution in [0, 0.1) is 17.8 Å². The molecule has 0 spiro atoms. The molecule has 3 nitrogen and oxygen atoms in total. The van der Waals surface area contributed by atoms with Crippen molar-refractivity contribution in [3.05, 3.63) is 0 Å². The molecule has 0 bridgehead atoms. The fraction of sp³-hybridized carbons (Fsp3) is 1.00. The summed E-state index contributed by atoms with van der Waals surface area (Å²) in [6.45, 7) is 5.78. The maximum absolute atomic E-state index is 5.92. The molecule has 80 valence electrons. The van der Waals surface area contributed by atoms with Crippen LogP contribution in [-0.4, -0.2) is 43.8 Å². The number of fused-ring (bicyclic) bond motifs is 1. The highest BCUT2D eigenvalue weighted by molar-refractivity contribution is 5.08. The number of nitrogens with zero attached hydrogens (tertiary/aromatic N) is 1. The van der Waals surface area contributed by atoms with E-state index in [1.807, 2.05) is 0 Å². The number of piperidine rings is 1. The Bertz CT molecular complexity index is 203. The highest BCUT2D eigenvalue weighted by atomic mass is 16.5. The fourth-order valence-corrected chi connectivity index (χ4v) is 3.10. The van der Waals surface area contributed by atoms with E-state index in [0.717, 1.165) is 31.0 Å². The molecule has 14 heavy (non-hydrogen) atoms. The third kappa shape index (κ3) is 1.58. The van der Waals surface area contributed by atoms with Gasteiger partial charge in [0.15, 0.2) is 0 Å². The Morgan fingerprint density at radius 1 is 1.14 bits per heavy atom. The van der Waals surface area contributed by atoms with Gasteiger partial charge in [0.05, 0.1) is 0 Å². The average molecular weight is 196 g/mol. The van der Waals surface area contributed by atoms with E-state index < -0.39 is 0 Å². The van der Waals surface area contributed by atoms with Crippen molar-refractivity contribution in [1.82, 2.24) is 4.90 Å². The van der Waals surface area contributed by atoms with Gasteiger partial charge in [0.25, 0.3) is 0 Å². The van der Waals surface area contributed by atoms with Gasteiger partial charge < -0.3 is 15.4 Å². The second-order valence-electron chi connectivity index (χ2n) is 5.18. The number of nitrogens with two attached hydrogens (primary N) is 1. The fourth-order valence-electron chi connectivity index (χ4n) is 3.10. The van der Waals surface area contributed by atoms with E-state index in [1.54, 1.807) is 0 Å². The van der Waals surface area contributed by atoms with Gasteiger partial charge in [-0.05, 0) is 30.6 Å². The smallest absolute Gasteiger partial charge is 0.0469 e. The predicted octanol–water partition coefficient (Wildman–Crippen LogP) is 0.302. The summed E-state index contributed by atoms with van der Waals surface area (Å²) in [7, 11) is 0. The van der Waals surface area contributed by atoms with Crippen molar-refractivity contribution >= 4 is 0 Å². The van der Waals surface area contributed by atoms with Gasteiger partial charge in [0.1, 0.15) is 0 Å². The maximum Gasteiger partial charge on any atom is 0.0469 e. The molecule has 2 heterocycles. The first-order valence-corrected chi connectivity index (χ1v) is 5.90. The van der Waals surface area contributed by atoms with Gasteiger partial charge in [0.2, 0.25) is 0 Å². The Kier molecular flexibility index (Phi) is 2.26. The normalized spacial score (nSPS) is 43.9. The predicted molar refractivity (Wildman–Crippen MR) is 54.9 cm³/mol. The van der Waals surface area contributed by atoms with E-state index in [-0.39, 0.29) is 0 Å². The number of hydrogen-bond donors (Lipinski definition) is 1. The molecule has 3 rings (SSSR count). The minimum absolute atomic E-state index is 0.543. The van der Waals surface area contributed by atoms with Crippen LogP contribution in [0.3, 0.4) is 0 Å². The topological polar surface area (TPSA) is 38.5 Å². The summed E-state index contributed by atoms with van der Waals surface area (Å²) in [5.41, 5.74) is 5.92. The second kappa shape index (κ2) is 3.47. The zero-order chi connectivity index (χ0) is 9.54. The lowest BCUT2D eigenvalue weighted by Gasteiger charge is -2.28. The zero-order valence-electron chi connectivity index (χ0n) is 8.69. The molecule has 0 aromatic heterocycles. The summed E-state index contributed by atoms with van der Waals surface area (Å²) in [4.78, 5) is 2.62. The van der Waals surface area contributed by atoms with Crippen molar-refractivity contribution in [1.29, 1.82) is 0 Å². The van der Waals surface area contributed by atoms with Crippen LogP contribution in [0.1, 0.15) is 12.8 Å². The van der Waals surface area contributed by atoms with E-state index >= 15 is 0 Å². The molecule has 3 aliphatic rings. The van der Waals surface area contributed by atoms with Gasteiger partial charge in [-0.1, -0.05) is 0 Å². The molecule has 0 amide bonds. The van der Waals surface area contributed by atoms with Gasteiger partial charge in [-0.2, -0.15) is 0 Å². The summed E-state index contributed by atoms with van der Waals surface area (Å²) in [5.74, 6) is 2.57. The van der Waals surface area contributed by atoms with Crippen LogP contribution >= 0.6 is 0 Å². The number of rotatable bonds is 2. The van der Waals surface area contributed by atoms with Crippen LogP contribution < -0.4 is 5.73 Å². The third-order valence-electron chi connectivity index (χ3n) is 4.19. The van der Waals surface area contributed by atoms with E-state index in [2.05, 4.69) is 4.90 Å². The van der Waals surface area contributed by atoms with Gasteiger partial charge in [-0.25, -0.2) is 0 Å². The Labute approximate surface area is 85.6 Å². The van der Waals surface area contributed by atoms with Crippen LogP contribution in [0.25, 0.3) is 0 Å². The summed E-state index contributed by atoms with van der Waals surface area (Å²) in [6, 6.07) is 0.543. The summed E-state index contributed by atoms with van der Waals surface area (Å²) in [5, 5.41) is 0. The second-order valence-corrected chi connectivity index (χ2v) is 5.18. The molecule has 0 aromatic rings. The molecule has 1 saturated carbocycles. The van der Waals surface area contributed by atoms with Crippen molar-refractivity contribution in [3.63, 3.8) is 0 Å². The van der Waals surface area contributed by atoms with Crippen molar-refractivity contribution < 1.29 is 4.74 Å². The van der Waals surface area contributed by atoms with Crippen LogP contribution in [0.15, 0.2) is 0 Å². The van der Waals surface area contributed by atoms with Crippen LogP contribution in [0.2, 0.25) is 0 Å². The number of hydrogen-bond acceptors (Lipinski definition) is 3. The summed E-state index contributed by atoms with van der Waals surface area (Å²) in [6.07, 6.45) is 2.52. The van der Waals surface area contributed by atoms with Crippen molar-refractivity contribution in [2.24, 2.45) is 23.5 Å². The first kappa shape index (κ1) is 9.13. The van der Waals surface area contributed by atoms with E-state index in [1.165, 1.54) is 32.5 Å². The highest BCUT2D eigenvalue weighted by Gasteiger charge is 2.53. The Hall–Kier alpha value is -0.120. The zero-order valence-corrected chi connectivity index (χ0v) is 8.69. The molecular weight excluding hydrogens is 176 g/mol. The monoisotopic (exact) mass is 196 g/mol. The largest absolute Gasteiger partial charge is 0.381 e. The number of ether oxygens (including phenoxy) is 1. The van der Waals surface area contributed by atoms with Crippen molar-refractivity contribution in [3.8, 4) is 0 Å². The summed E-state index contributed by atoms with van der Waals surface area (Å²) >= 11 is 0. The molecule has 2 aliphatic heterocycles. The SMILES string of the molecule is NC1C2CN(CC3CCOCC3)CC12. The van der Waals surface area contributed by atoms with Gasteiger partial charge >= 0.3 is 0 Å². The molecule has 2 atom stereocenters. The maximum atomic E-state index is 5.92. The number of likely N-dealkylation sites (tertiary alicyclic amines) is 1. The molecule has 3 heteroatoms. The molecule has 1 aliphatic carbocycles. The van der Waals surface area contributed by atoms with Gasteiger partial charge in [0, 0.05) is 38.9 Å². The molecule has 0 radical (unpaired) electrons. The van der Waals surface area contributed by atoms with Crippen LogP contribution in [0.5, 0.6) is 0 Å². The quantitative estimate of drug-likeness (QED) is 0.690. The Morgan fingerprint density at radius 3 is 2.43 bits per heavy atom. The van der Waals surface area contributed by atoms with E-state index in [9.17, 15) is 0 Å². The Balaban J connectivity index is 1.45. The average Bonchev–Trinajstić information content (AvgIpc) is 2.65. The standard InChI is InChI=1S/C11H20N2O/c12-11-9-6-13(7-10(9)11)5-8-1-3-14-4-2-8/h8-11H,1-7,12H2. The minimum Gasteiger partial charge on any atom is -0.381 e. The van der Waals surface area contributed by atoms with E-state index in [0.29, 0.717) is 6.04 Å². The molecular formula is C11H20N2O. The van der Waals surface area contributed by atoms with Crippen molar-refractivity contribution in [2.45, 2.75) is 18.9 Å². The third-order valence-corrected chi connectivity index (χ3v) is 4.19. The van der Waals surface area contributed by atoms with Gasteiger partial charge in [-0.15, -0.1) is 0 Å². The first-order valence-electron chi connectivity index (χ1n) is 5.90. The van der Waals surface area contributed by atoms with Crippen LogP contribution in [0.4, 0.5) is 0 Å². The lowest BCUT2D eigenvalue weighted by molar-refractivity contribution is 0.0540. The molecule has 3 fully saturated rings. The highest BCUT2D eigenvalue weighted by Crippen LogP contribution is 2.44. The molecule has 2 saturated heterocycles.